The second-order valence-electron chi connectivity index (χ2n) is 6.52. The van der Waals surface area contributed by atoms with Crippen LogP contribution in [0.2, 0.25) is 5.02 Å². The Morgan fingerprint density at radius 1 is 1.11 bits per heavy atom. The fourth-order valence-corrected chi connectivity index (χ4v) is 3.29. The number of fused-ring (bicyclic) bond motifs is 1. The lowest BCUT2D eigenvalue weighted by Crippen LogP contribution is -2.25. The maximum absolute atomic E-state index is 12.8. The SMILES string of the molecule is Cc1ccccc1Cn1c(C(=O)NCc2ccc(Cl)cc2)cc2occc21. The first-order valence-corrected chi connectivity index (χ1v) is 9.13. The highest BCUT2D eigenvalue weighted by atomic mass is 35.5. The Kier molecular flexibility index (Phi) is 4.73. The Bertz CT molecular complexity index is 1090. The molecule has 0 radical (unpaired) electrons. The van der Waals surface area contributed by atoms with E-state index >= 15 is 0 Å². The summed E-state index contributed by atoms with van der Waals surface area (Å²) < 4.78 is 7.52. The molecule has 0 unspecified atom stereocenters. The summed E-state index contributed by atoms with van der Waals surface area (Å²) in [5.41, 5.74) is 5.56. The molecule has 0 aliphatic carbocycles. The van der Waals surface area contributed by atoms with Crippen LogP contribution in [0.4, 0.5) is 0 Å². The zero-order chi connectivity index (χ0) is 18.8. The molecule has 0 aliphatic heterocycles. The number of carbonyl (C=O) groups excluding carboxylic acids is 1. The van der Waals surface area contributed by atoms with Gasteiger partial charge in [0.1, 0.15) is 5.69 Å². The Balaban J connectivity index is 1.61. The van der Waals surface area contributed by atoms with E-state index in [9.17, 15) is 4.79 Å². The van der Waals surface area contributed by atoms with Gasteiger partial charge < -0.3 is 14.3 Å². The number of aryl methyl sites for hydroxylation is 1. The maximum Gasteiger partial charge on any atom is 0.268 e. The van der Waals surface area contributed by atoms with Gasteiger partial charge in [-0.2, -0.15) is 0 Å². The highest BCUT2D eigenvalue weighted by Gasteiger charge is 2.18. The van der Waals surface area contributed by atoms with Gasteiger partial charge in [0.25, 0.3) is 5.91 Å². The van der Waals surface area contributed by atoms with Crippen molar-refractivity contribution in [1.82, 2.24) is 9.88 Å². The summed E-state index contributed by atoms with van der Waals surface area (Å²) in [6, 6.07) is 19.3. The molecule has 0 atom stereocenters. The lowest BCUT2D eigenvalue weighted by atomic mass is 10.1. The van der Waals surface area contributed by atoms with E-state index in [4.69, 9.17) is 16.0 Å². The molecule has 0 spiro atoms. The molecule has 1 N–H and O–H groups in total. The Hall–Kier alpha value is -2.98. The van der Waals surface area contributed by atoms with Gasteiger partial charge in [0, 0.05) is 30.2 Å². The molecule has 0 bridgehead atoms. The van der Waals surface area contributed by atoms with Gasteiger partial charge in [-0.3, -0.25) is 4.79 Å². The van der Waals surface area contributed by atoms with E-state index in [1.165, 1.54) is 11.1 Å². The second-order valence-corrected chi connectivity index (χ2v) is 6.96. The standard InChI is InChI=1S/C22H19ClN2O2/c1-15-4-2-3-5-17(15)14-25-19-10-11-27-21(19)12-20(25)22(26)24-13-16-6-8-18(23)9-7-16/h2-12H,13-14H2,1H3,(H,24,26). The minimum Gasteiger partial charge on any atom is -0.463 e. The van der Waals surface area contributed by atoms with Gasteiger partial charge in [0.05, 0.1) is 11.8 Å². The molecule has 2 heterocycles. The van der Waals surface area contributed by atoms with Crippen LogP contribution in [0.1, 0.15) is 27.2 Å². The Morgan fingerprint density at radius 3 is 2.67 bits per heavy atom. The zero-order valence-corrected chi connectivity index (χ0v) is 15.7. The van der Waals surface area contributed by atoms with Crippen LogP contribution in [0.3, 0.4) is 0 Å². The predicted molar refractivity (Wildman–Crippen MR) is 107 cm³/mol. The van der Waals surface area contributed by atoms with Crippen molar-refractivity contribution >= 4 is 28.6 Å². The first-order chi connectivity index (χ1) is 13.1. The number of hydrogen-bond acceptors (Lipinski definition) is 2. The van der Waals surface area contributed by atoms with Crippen molar-refractivity contribution in [3.05, 3.63) is 94.3 Å². The fourth-order valence-electron chi connectivity index (χ4n) is 3.17. The molecule has 1 amide bonds. The molecule has 4 aromatic rings. The summed E-state index contributed by atoms with van der Waals surface area (Å²) in [5.74, 6) is -0.134. The van der Waals surface area contributed by atoms with Gasteiger partial charge >= 0.3 is 0 Å². The number of furan rings is 1. The lowest BCUT2D eigenvalue weighted by molar-refractivity contribution is 0.0942. The number of amides is 1. The monoisotopic (exact) mass is 378 g/mol. The van der Waals surface area contributed by atoms with Crippen molar-refractivity contribution in [2.45, 2.75) is 20.0 Å². The molecule has 4 rings (SSSR count). The van der Waals surface area contributed by atoms with Crippen LogP contribution in [-0.2, 0) is 13.1 Å². The molecule has 0 saturated carbocycles. The molecule has 0 fully saturated rings. The number of benzene rings is 2. The normalized spacial score (nSPS) is 11.0. The van der Waals surface area contributed by atoms with E-state index in [2.05, 4.69) is 24.4 Å². The molecule has 0 saturated heterocycles. The molecule has 136 valence electrons. The number of nitrogens with one attached hydrogen (secondary N) is 1. The van der Waals surface area contributed by atoms with Crippen molar-refractivity contribution < 1.29 is 9.21 Å². The lowest BCUT2D eigenvalue weighted by Gasteiger charge is -2.12. The van der Waals surface area contributed by atoms with Crippen molar-refractivity contribution in [2.75, 3.05) is 0 Å². The first-order valence-electron chi connectivity index (χ1n) is 8.76. The number of aromatic nitrogens is 1. The highest BCUT2D eigenvalue weighted by Crippen LogP contribution is 2.23. The van der Waals surface area contributed by atoms with Gasteiger partial charge in [-0.15, -0.1) is 0 Å². The summed E-state index contributed by atoms with van der Waals surface area (Å²) in [5, 5.41) is 3.66. The number of halogens is 1. The smallest absolute Gasteiger partial charge is 0.268 e. The van der Waals surface area contributed by atoms with Crippen LogP contribution in [0, 0.1) is 6.92 Å². The van der Waals surface area contributed by atoms with Crippen molar-refractivity contribution in [3.63, 3.8) is 0 Å². The Labute approximate surface area is 162 Å². The minimum absolute atomic E-state index is 0.134. The van der Waals surface area contributed by atoms with Crippen LogP contribution < -0.4 is 5.32 Å². The molecule has 2 aromatic carbocycles. The van der Waals surface area contributed by atoms with Crippen molar-refractivity contribution in [3.8, 4) is 0 Å². The highest BCUT2D eigenvalue weighted by molar-refractivity contribution is 6.30. The maximum atomic E-state index is 12.8. The van der Waals surface area contributed by atoms with E-state index in [1.807, 2.05) is 47.0 Å². The van der Waals surface area contributed by atoms with Gasteiger partial charge in [0.2, 0.25) is 0 Å². The van der Waals surface area contributed by atoms with E-state index in [-0.39, 0.29) is 5.91 Å². The summed E-state index contributed by atoms with van der Waals surface area (Å²) in [7, 11) is 0. The first kappa shape index (κ1) is 17.4. The third-order valence-corrected chi connectivity index (χ3v) is 4.96. The minimum atomic E-state index is -0.134. The van der Waals surface area contributed by atoms with E-state index < -0.39 is 0 Å². The summed E-state index contributed by atoms with van der Waals surface area (Å²) in [6.07, 6.45) is 1.65. The third-order valence-electron chi connectivity index (χ3n) is 4.71. The quantitative estimate of drug-likeness (QED) is 0.520. The summed E-state index contributed by atoms with van der Waals surface area (Å²) in [6.45, 7) is 3.12. The largest absolute Gasteiger partial charge is 0.463 e. The van der Waals surface area contributed by atoms with Gasteiger partial charge in [0.15, 0.2) is 5.58 Å². The molecule has 27 heavy (non-hydrogen) atoms. The molecular weight excluding hydrogens is 360 g/mol. The molecule has 5 heteroatoms. The van der Waals surface area contributed by atoms with Crippen LogP contribution in [0.15, 0.2) is 71.3 Å². The number of hydrogen-bond donors (Lipinski definition) is 1. The molecule has 4 nitrogen and oxygen atoms in total. The summed E-state index contributed by atoms with van der Waals surface area (Å²) >= 11 is 5.91. The van der Waals surface area contributed by atoms with Crippen LogP contribution in [0.25, 0.3) is 11.1 Å². The summed E-state index contributed by atoms with van der Waals surface area (Å²) in [4.78, 5) is 12.8. The number of carbonyl (C=O) groups is 1. The van der Waals surface area contributed by atoms with Crippen molar-refractivity contribution in [1.29, 1.82) is 0 Å². The van der Waals surface area contributed by atoms with Gasteiger partial charge in [-0.25, -0.2) is 0 Å². The average molecular weight is 379 g/mol. The number of nitrogens with zero attached hydrogens (tertiary/aromatic N) is 1. The third kappa shape index (κ3) is 3.62. The van der Waals surface area contributed by atoms with Gasteiger partial charge in [-0.1, -0.05) is 48.0 Å². The average Bonchev–Trinajstić information content (AvgIpc) is 3.25. The molecular formula is C22H19ClN2O2. The van der Waals surface area contributed by atoms with Crippen LogP contribution in [0.5, 0.6) is 0 Å². The van der Waals surface area contributed by atoms with Crippen LogP contribution in [-0.4, -0.2) is 10.5 Å². The van der Waals surface area contributed by atoms with E-state index in [0.717, 1.165) is 11.1 Å². The van der Waals surface area contributed by atoms with Gasteiger partial charge in [-0.05, 0) is 35.7 Å². The van der Waals surface area contributed by atoms with Crippen LogP contribution >= 0.6 is 11.6 Å². The van der Waals surface area contributed by atoms with Crippen molar-refractivity contribution in [2.24, 2.45) is 0 Å². The number of rotatable bonds is 5. The molecule has 2 aromatic heterocycles. The van der Waals surface area contributed by atoms with E-state index in [1.54, 1.807) is 12.3 Å². The fraction of sp³-hybridized carbons (Fsp3) is 0.136. The molecule has 0 aliphatic rings. The second kappa shape index (κ2) is 7.33. The van der Waals surface area contributed by atoms with E-state index in [0.29, 0.717) is 29.4 Å². The topological polar surface area (TPSA) is 47.2 Å². The Morgan fingerprint density at radius 2 is 1.89 bits per heavy atom. The predicted octanol–water partition coefficient (Wildman–Crippen LogP) is 5.17. The zero-order valence-electron chi connectivity index (χ0n) is 14.9.